The minimum Gasteiger partial charge on any atom is -0.461 e. The number of nitrogens with zero attached hydrogens (tertiary/aromatic N) is 4. The first-order valence-corrected chi connectivity index (χ1v) is 14.7. The molecule has 0 aromatic heterocycles. The molecule has 4 aromatic rings. The molecule has 6 rings (SSSR count). The second-order valence-corrected chi connectivity index (χ2v) is 11.6. The van der Waals surface area contributed by atoms with E-state index in [1.807, 2.05) is 64.6 Å². The molecule has 7 heteroatoms. The van der Waals surface area contributed by atoms with Crippen molar-refractivity contribution in [2.24, 2.45) is 10.2 Å². The Morgan fingerprint density at radius 3 is 2.15 bits per heavy atom. The van der Waals surface area contributed by atoms with Gasteiger partial charge in [-0.3, -0.25) is 0 Å². The van der Waals surface area contributed by atoms with Crippen molar-refractivity contribution in [2.75, 3.05) is 16.6 Å². The fraction of sp³-hybridized carbons (Fsp3) is 0.206. The van der Waals surface area contributed by atoms with E-state index in [-0.39, 0.29) is 11.7 Å². The highest BCUT2D eigenvalue weighted by Crippen LogP contribution is 2.55. The predicted octanol–water partition coefficient (Wildman–Crippen LogP) is 7.63. The van der Waals surface area contributed by atoms with E-state index in [4.69, 9.17) is 14.9 Å². The second-order valence-electron chi connectivity index (χ2n) is 10.4. The largest absolute Gasteiger partial charge is 0.461 e. The Morgan fingerprint density at radius 1 is 0.829 bits per heavy atom. The molecule has 0 saturated carbocycles. The highest BCUT2D eigenvalue weighted by Gasteiger charge is 2.56. The van der Waals surface area contributed by atoms with Crippen LogP contribution in [0.25, 0.3) is 0 Å². The van der Waals surface area contributed by atoms with Gasteiger partial charge < -0.3 is 4.74 Å². The zero-order valence-electron chi connectivity index (χ0n) is 23.6. The van der Waals surface area contributed by atoms with Crippen molar-refractivity contribution in [3.8, 4) is 0 Å². The molecule has 0 saturated heterocycles. The lowest BCUT2D eigenvalue weighted by molar-refractivity contribution is -0.134. The molecule has 0 fully saturated rings. The molecule has 41 heavy (non-hydrogen) atoms. The van der Waals surface area contributed by atoms with Crippen LogP contribution in [0.4, 0.5) is 11.4 Å². The molecule has 0 amide bonds. The first kappa shape index (κ1) is 26.8. The van der Waals surface area contributed by atoms with E-state index in [2.05, 4.69) is 69.3 Å². The summed E-state index contributed by atoms with van der Waals surface area (Å²) < 4.78 is 5.44. The first-order valence-electron chi connectivity index (χ1n) is 13.9. The van der Waals surface area contributed by atoms with Crippen LogP contribution >= 0.6 is 11.8 Å². The molecular weight excluding hydrogens is 528 g/mol. The van der Waals surface area contributed by atoms with Crippen molar-refractivity contribution in [2.45, 2.75) is 38.6 Å². The molecule has 4 aromatic carbocycles. The van der Waals surface area contributed by atoms with E-state index < -0.39 is 11.0 Å². The molecule has 1 atom stereocenters. The summed E-state index contributed by atoms with van der Waals surface area (Å²) in [7, 11) is 0. The lowest BCUT2D eigenvalue weighted by Gasteiger charge is -2.47. The van der Waals surface area contributed by atoms with Crippen LogP contribution in [0.2, 0.25) is 0 Å². The van der Waals surface area contributed by atoms with Crippen LogP contribution in [0.3, 0.4) is 0 Å². The Kier molecular flexibility index (Phi) is 7.14. The molecular formula is C34H32N4O2S. The fourth-order valence-corrected chi connectivity index (χ4v) is 6.49. The Balaban J connectivity index is 1.61. The third-order valence-corrected chi connectivity index (χ3v) is 8.61. The summed E-state index contributed by atoms with van der Waals surface area (Å²) >= 11 is 1.36. The maximum atomic E-state index is 13.2. The summed E-state index contributed by atoms with van der Waals surface area (Å²) in [4.78, 5) is 12.2. The van der Waals surface area contributed by atoms with Crippen LogP contribution in [-0.2, 0) is 14.5 Å². The van der Waals surface area contributed by atoms with Gasteiger partial charge in [0.2, 0.25) is 10.0 Å². The van der Waals surface area contributed by atoms with Crippen molar-refractivity contribution < 1.29 is 9.53 Å². The number of fused-ring (bicyclic) bond motifs is 2. The van der Waals surface area contributed by atoms with Gasteiger partial charge in [0.25, 0.3) is 0 Å². The third kappa shape index (κ3) is 4.70. The van der Waals surface area contributed by atoms with Gasteiger partial charge in [0.1, 0.15) is 0 Å². The van der Waals surface area contributed by atoms with Crippen molar-refractivity contribution in [3.05, 3.63) is 131 Å². The van der Waals surface area contributed by atoms with Crippen LogP contribution in [0.1, 0.15) is 54.5 Å². The number of benzene rings is 4. The van der Waals surface area contributed by atoms with E-state index in [0.29, 0.717) is 5.92 Å². The van der Waals surface area contributed by atoms with Gasteiger partial charge in [0.05, 0.1) is 23.7 Å². The molecule has 6 nitrogen and oxygen atoms in total. The van der Waals surface area contributed by atoms with Gasteiger partial charge in [-0.05, 0) is 61.4 Å². The van der Waals surface area contributed by atoms with Crippen molar-refractivity contribution in [1.82, 2.24) is 0 Å². The second kappa shape index (κ2) is 10.9. The van der Waals surface area contributed by atoms with Crippen molar-refractivity contribution in [3.63, 3.8) is 0 Å². The number of carbonyl (C=O) groups is 1. The number of aryl methyl sites for hydroxylation is 1. The summed E-state index contributed by atoms with van der Waals surface area (Å²) in [6.45, 7) is 8.52. The smallest absolute Gasteiger partial charge is 0.365 e. The molecule has 0 unspecified atom stereocenters. The van der Waals surface area contributed by atoms with E-state index in [1.165, 1.54) is 17.3 Å². The van der Waals surface area contributed by atoms with E-state index in [0.717, 1.165) is 39.3 Å². The van der Waals surface area contributed by atoms with Crippen molar-refractivity contribution >= 4 is 39.9 Å². The van der Waals surface area contributed by atoms with E-state index in [1.54, 1.807) is 6.92 Å². The lowest BCUT2D eigenvalue weighted by atomic mass is 9.92. The van der Waals surface area contributed by atoms with E-state index >= 15 is 0 Å². The maximum absolute atomic E-state index is 13.2. The van der Waals surface area contributed by atoms with Crippen LogP contribution in [0.5, 0.6) is 0 Å². The molecule has 0 radical (unpaired) electrons. The minimum atomic E-state index is -1.02. The summed E-state index contributed by atoms with van der Waals surface area (Å²) in [6, 6.07) is 35.2. The number of thioether (sulfide) groups is 1. The van der Waals surface area contributed by atoms with Gasteiger partial charge in [-0.1, -0.05) is 98.3 Å². The Bertz CT molecular complexity index is 1630. The highest BCUT2D eigenvalue weighted by atomic mass is 32.2. The number of ether oxygens (including phenoxy) is 1. The quantitative estimate of drug-likeness (QED) is 0.227. The van der Waals surface area contributed by atoms with E-state index in [9.17, 15) is 4.79 Å². The van der Waals surface area contributed by atoms with Gasteiger partial charge in [-0.25, -0.2) is 14.8 Å². The Labute approximate surface area is 245 Å². The van der Waals surface area contributed by atoms with Gasteiger partial charge in [-0.2, -0.15) is 10.2 Å². The normalized spacial score (nSPS) is 17.9. The SMILES string of the molecule is CCOC(=O)C1=NN(c2ccc(C)cc2)[C@]2(S1)c1ccccc1C(c1ccc(C(C)C)cc1)=NN2c1ccccc1. The molecule has 1 spiro atoms. The first-order chi connectivity index (χ1) is 19.9. The van der Waals surface area contributed by atoms with Crippen LogP contribution in [0, 0.1) is 6.92 Å². The molecule has 2 heterocycles. The fourth-order valence-electron chi connectivity index (χ4n) is 5.20. The summed E-state index contributed by atoms with van der Waals surface area (Å²) in [5.41, 5.74) is 7.99. The molecule has 2 aliphatic rings. The van der Waals surface area contributed by atoms with Gasteiger partial charge in [0, 0.05) is 16.7 Å². The number of hydrogen-bond acceptors (Lipinski definition) is 7. The summed E-state index contributed by atoms with van der Waals surface area (Å²) in [5.74, 6) is -0.0128. The van der Waals surface area contributed by atoms with Gasteiger partial charge in [-0.15, -0.1) is 0 Å². The number of carbonyl (C=O) groups excluding carboxylic acids is 1. The standard InChI is InChI=1S/C34H32N4O2S/c1-5-40-33(39)32-36-38(28-21-15-24(4)16-22-28)34(41-32)30-14-10-9-13-29(30)31(26-19-17-25(18-20-26)23(2)3)35-37(34)27-11-7-6-8-12-27/h6-23H,5H2,1-4H3/t34-/m0/s1. The number of rotatable bonds is 6. The highest BCUT2D eigenvalue weighted by molar-refractivity contribution is 8.16. The van der Waals surface area contributed by atoms with Crippen LogP contribution in [0.15, 0.2) is 113 Å². The summed E-state index contributed by atoms with van der Waals surface area (Å²) in [5, 5.41) is 14.5. The average Bonchev–Trinajstić information content (AvgIpc) is 3.39. The van der Waals surface area contributed by atoms with Gasteiger partial charge >= 0.3 is 5.97 Å². The topological polar surface area (TPSA) is 57.5 Å². The van der Waals surface area contributed by atoms with Gasteiger partial charge in [0.15, 0.2) is 0 Å². The Hall–Kier alpha value is -4.36. The lowest BCUT2D eigenvalue weighted by Crippen LogP contribution is -2.54. The average molecular weight is 561 g/mol. The van der Waals surface area contributed by atoms with Crippen LogP contribution < -0.4 is 10.0 Å². The molecule has 2 aliphatic heterocycles. The predicted molar refractivity (Wildman–Crippen MR) is 169 cm³/mol. The molecule has 206 valence electrons. The molecule has 0 N–H and O–H groups in total. The monoisotopic (exact) mass is 560 g/mol. The molecule has 0 aliphatic carbocycles. The number of hydrazone groups is 2. The Morgan fingerprint density at radius 2 is 1.46 bits per heavy atom. The summed E-state index contributed by atoms with van der Waals surface area (Å²) in [6.07, 6.45) is 0. The minimum absolute atomic E-state index is 0.267. The zero-order valence-corrected chi connectivity index (χ0v) is 24.4. The number of hydrogen-bond donors (Lipinski definition) is 0. The van der Waals surface area contributed by atoms with Crippen LogP contribution in [-0.4, -0.2) is 23.3 Å². The third-order valence-electron chi connectivity index (χ3n) is 7.32. The number of para-hydroxylation sites is 1. The number of anilines is 2. The maximum Gasteiger partial charge on any atom is 0.365 e. The molecule has 0 bridgehead atoms. The zero-order chi connectivity index (χ0) is 28.6. The number of esters is 1. The van der Waals surface area contributed by atoms with Crippen molar-refractivity contribution in [1.29, 1.82) is 0 Å².